The van der Waals surface area contributed by atoms with Crippen molar-refractivity contribution in [1.82, 2.24) is 10.1 Å². The summed E-state index contributed by atoms with van der Waals surface area (Å²) in [6.07, 6.45) is 0.320. The van der Waals surface area contributed by atoms with Gasteiger partial charge in [0.25, 0.3) is 5.89 Å². The molecule has 2 aliphatic rings. The summed E-state index contributed by atoms with van der Waals surface area (Å²) in [5, 5.41) is 4.12. The molecule has 8 heteroatoms. The Morgan fingerprint density at radius 1 is 1.17 bits per heavy atom. The standard InChI is InChI=1S/C21H19N3O5/c1-2-26-16-6-4-3-5-15(16)24-11-14(10-19(24)25)20-22-21(29-23-20)13-7-8-17-18(9-13)28-12-27-17/h3-9,14H,2,10-12H2,1H3. The molecular weight excluding hydrogens is 374 g/mol. The molecular formula is C21H19N3O5. The van der Waals surface area contributed by atoms with E-state index >= 15 is 0 Å². The van der Waals surface area contributed by atoms with Crippen molar-refractivity contribution in [2.45, 2.75) is 19.3 Å². The molecule has 0 spiro atoms. The number of benzene rings is 2. The molecule has 1 saturated heterocycles. The van der Waals surface area contributed by atoms with E-state index in [0.717, 1.165) is 11.3 Å². The molecule has 0 aliphatic carbocycles. The monoisotopic (exact) mass is 393 g/mol. The van der Waals surface area contributed by atoms with Crippen molar-refractivity contribution in [1.29, 1.82) is 0 Å². The molecule has 0 saturated carbocycles. The zero-order valence-electron chi connectivity index (χ0n) is 15.8. The third-order valence-electron chi connectivity index (χ3n) is 5.01. The molecule has 1 fully saturated rings. The molecule has 29 heavy (non-hydrogen) atoms. The fourth-order valence-corrected chi connectivity index (χ4v) is 3.62. The lowest BCUT2D eigenvalue weighted by molar-refractivity contribution is -0.117. The molecule has 3 heterocycles. The van der Waals surface area contributed by atoms with Crippen molar-refractivity contribution < 1.29 is 23.5 Å². The molecule has 1 amide bonds. The van der Waals surface area contributed by atoms with Crippen LogP contribution >= 0.6 is 0 Å². The van der Waals surface area contributed by atoms with E-state index < -0.39 is 0 Å². The zero-order chi connectivity index (χ0) is 19.8. The van der Waals surface area contributed by atoms with Crippen LogP contribution in [0, 0.1) is 0 Å². The number of hydrogen-bond donors (Lipinski definition) is 0. The first-order valence-corrected chi connectivity index (χ1v) is 9.48. The number of ether oxygens (including phenoxy) is 3. The zero-order valence-corrected chi connectivity index (χ0v) is 15.8. The summed E-state index contributed by atoms with van der Waals surface area (Å²) in [6, 6.07) is 13.0. The van der Waals surface area contributed by atoms with Crippen molar-refractivity contribution in [2.24, 2.45) is 0 Å². The van der Waals surface area contributed by atoms with Gasteiger partial charge in [0.2, 0.25) is 12.7 Å². The molecule has 2 aliphatic heterocycles. The molecule has 3 aromatic rings. The molecule has 0 radical (unpaired) electrons. The second-order valence-corrected chi connectivity index (χ2v) is 6.83. The van der Waals surface area contributed by atoms with Crippen molar-refractivity contribution >= 4 is 11.6 Å². The Morgan fingerprint density at radius 3 is 2.93 bits per heavy atom. The summed E-state index contributed by atoms with van der Waals surface area (Å²) in [6.45, 7) is 3.13. The van der Waals surface area contributed by atoms with E-state index in [1.165, 1.54) is 0 Å². The predicted octanol–water partition coefficient (Wildman–Crippen LogP) is 3.38. The van der Waals surface area contributed by atoms with E-state index in [1.54, 1.807) is 4.90 Å². The van der Waals surface area contributed by atoms with Crippen LogP contribution in [-0.2, 0) is 4.79 Å². The Bertz CT molecular complexity index is 1060. The van der Waals surface area contributed by atoms with Crippen LogP contribution in [0.25, 0.3) is 11.5 Å². The smallest absolute Gasteiger partial charge is 0.258 e. The van der Waals surface area contributed by atoms with Crippen LogP contribution in [0.5, 0.6) is 17.2 Å². The maximum Gasteiger partial charge on any atom is 0.258 e. The normalized spacial score (nSPS) is 17.8. The molecule has 148 valence electrons. The van der Waals surface area contributed by atoms with E-state index in [2.05, 4.69) is 10.1 Å². The number of nitrogens with zero attached hydrogens (tertiary/aromatic N) is 3. The summed E-state index contributed by atoms with van der Waals surface area (Å²) in [5.41, 5.74) is 1.51. The van der Waals surface area contributed by atoms with E-state index in [-0.39, 0.29) is 18.6 Å². The summed E-state index contributed by atoms with van der Waals surface area (Å²) < 4.78 is 21.8. The lowest BCUT2D eigenvalue weighted by Crippen LogP contribution is -2.25. The number of rotatable bonds is 5. The second kappa shape index (κ2) is 7.12. The Hall–Kier alpha value is -3.55. The average molecular weight is 393 g/mol. The van der Waals surface area contributed by atoms with Crippen molar-refractivity contribution in [3.8, 4) is 28.7 Å². The molecule has 1 aromatic heterocycles. The van der Waals surface area contributed by atoms with Crippen LogP contribution in [0.2, 0.25) is 0 Å². The van der Waals surface area contributed by atoms with E-state index in [0.29, 0.717) is 48.5 Å². The van der Waals surface area contributed by atoms with Gasteiger partial charge in [-0.15, -0.1) is 0 Å². The maximum absolute atomic E-state index is 12.7. The Labute approximate surface area is 167 Å². The highest BCUT2D eigenvalue weighted by molar-refractivity contribution is 5.97. The molecule has 8 nitrogen and oxygen atoms in total. The number of fused-ring (bicyclic) bond motifs is 1. The van der Waals surface area contributed by atoms with Gasteiger partial charge in [0.05, 0.1) is 12.3 Å². The van der Waals surface area contributed by atoms with Crippen molar-refractivity contribution in [3.63, 3.8) is 0 Å². The lowest BCUT2D eigenvalue weighted by Gasteiger charge is -2.19. The van der Waals surface area contributed by atoms with Crippen LogP contribution in [0.1, 0.15) is 25.1 Å². The number of carbonyl (C=O) groups is 1. The summed E-state index contributed by atoms with van der Waals surface area (Å²) >= 11 is 0. The van der Waals surface area contributed by atoms with Crippen molar-refractivity contribution in [2.75, 3.05) is 24.8 Å². The van der Waals surface area contributed by atoms with Gasteiger partial charge in [0.15, 0.2) is 17.3 Å². The van der Waals surface area contributed by atoms with Gasteiger partial charge in [-0.3, -0.25) is 4.79 Å². The highest BCUT2D eigenvalue weighted by Crippen LogP contribution is 2.38. The summed E-state index contributed by atoms with van der Waals surface area (Å²) in [7, 11) is 0. The van der Waals surface area contributed by atoms with Crippen LogP contribution in [-0.4, -0.2) is 36.0 Å². The highest BCUT2D eigenvalue weighted by atomic mass is 16.7. The van der Waals surface area contributed by atoms with Gasteiger partial charge in [0.1, 0.15) is 5.75 Å². The minimum atomic E-state index is -0.149. The van der Waals surface area contributed by atoms with Gasteiger partial charge in [-0.05, 0) is 37.3 Å². The number of carbonyl (C=O) groups excluding carboxylic acids is 1. The van der Waals surface area contributed by atoms with Crippen LogP contribution in [0.4, 0.5) is 5.69 Å². The van der Waals surface area contributed by atoms with Crippen LogP contribution in [0.15, 0.2) is 47.0 Å². The first-order valence-electron chi connectivity index (χ1n) is 9.48. The number of amides is 1. The second-order valence-electron chi connectivity index (χ2n) is 6.83. The van der Waals surface area contributed by atoms with Gasteiger partial charge in [-0.2, -0.15) is 4.98 Å². The molecule has 5 rings (SSSR count). The average Bonchev–Trinajstić information content (AvgIpc) is 3.47. The molecule has 1 unspecified atom stereocenters. The van der Waals surface area contributed by atoms with Gasteiger partial charge in [-0.25, -0.2) is 0 Å². The Kier molecular flexibility index (Phi) is 4.31. The Balaban J connectivity index is 1.37. The summed E-state index contributed by atoms with van der Waals surface area (Å²) in [4.78, 5) is 18.9. The third kappa shape index (κ3) is 3.16. The first kappa shape index (κ1) is 17.5. The predicted molar refractivity (Wildman–Crippen MR) is 103 cm³/mol. The Morgan fingerprint density at radius 2 is 2.03 bits per heavy atom. The third-order valence-corrected chi connectivity index (χ3v) is 5.01. The van der Waals surface area contributed by atoms with Gasteiger partial charge in [0, 0.05) is 24.4 Å². The van der Waals surface area contributed by atoms with E-state index in [9.17, 15) is 4.79 Å². The minimum absolute atomic E-state index is 0.0107. The van der Waals surface area contributed by atoms with Gasteiger partial charge >= 0.3 is 0 Å². The molecule has 2 aromatic carbocycles. The lowest BCUT2D eigenvalue weighted by atomic mass is 10.1. The largest absolute Gasteiger partial charge is 0.492 e. The first-order chi connectivity index (χ1) is 14.2. The number of hydrogen-bond acceptors (Lipinski definition) is 7. The number of anilines is 1. The fraction of sp³-hybridized carbons (Fsp3) is 0.286. The van der Waals surface area contributed by atoms with Gasteiger partial charge in [-0.1, -0.05) is 17.3 Å². The van der Waals surface area contributed by atoms with E-state index in [4.69, 9.17) is 18.7 Å². The van der Waals surface area contributed by atoms with Gasteiger partial charge < -0.3 is 23.6 Å². The molecule has 1 atom stereocenters. The quantitative estimate of drug-likeness (QED) is 0.657. The SMILES string of the molecule is CCOc1ccccc1N1CC(c2noc(-c3ccc4c(c3)OCO4)n2)CC1=O. The maximum atomic E-state index is 12.7. The van der Waals surface area contributed by atoms with Crippen molar-refractivity contribution in [3.05, 3.63) is 48.3 Å². The number of para-hydroxylation sites is 2. The highest BCUT2D eigenvalue weighted by Gasteiger charge is 2.36. The fourth-order valence-electron chi connectivity index (χ4n) is 3.62. The molecule has 0 N–H and O–H groups in total. The van der Waals surface area contributed by atoms with E-state index in [1.807, 2.05) is 49.4 Å². The molecule has 0 bridgehead atoms. The topological polar surface area (TPSA) is 86.9 Å². The minimum Gasteiger partial charge on any atom is -0.492 e. The summed E-state index contributed by atoms with van der Waals surface area (Å²) in [5.74, 6) is 2.80. The van der Waals surface area contributed by atoms with Crippen LogP contribution in [0.3, 0.4) is 0 Å². The number of aromatic nitrogens is 2. The van der Waals surface area contributed by atoms with Crippen LogP contribution < -0.4 is 19.1 Å².